The molecule has 0 spiro atoms. The Morgan fingerprint density at radius 2 is 2.12 bits per heavy atom. The standard InChI is InChI=1S/C18H27N3O3/c1-5-21(6-2)11-7-9-13(3)19-18(22)16-14(4)20-24-17(16)15-10-8-12-23-15/h8,10,12-13H,5-7,9,11H2,1-4H3,(H,19,22). The van der Waals surface area contributed by atoms with Crippen LogP contribution in [0.1, 0.15) is 49.7 Å². The molecule has 2 heterocycles. The number of amides is 1. The summed E-state index contributed by atoms with van der Waals surface area (Å²) < 4.78 is 10.6. The summed E-state index contributed by atoms with van der Waals surface area (Å²) in [5.41, 5.74) is 1.01. The predicted molar refractivity (Wildman–Crippen MR) is 92.9 cm³/mol. The van der Waals surface area contributed by atoms with Gasteiger partial charge in [-0.3, -0.25) is 4.79 Å². The molecule has 0 fully saturated rings. The van der Waals surface area contributed by atoms with Gasteiger partial charge in [0.1, 0.15) is 5.56 Å². The Kier molecular flexibility index (Phi) is 6.61. The highest BCUT2D eigenvalue weighted by Gasteiger charge is 2.24. The largest absolute Gasteiger partial charge is 0.461 e. The number of rotatable bonds is 9. The zero-order valence-electron chi connectivity index (χ0n) is 15.0. The van der Waals surface area contributed by atoms with Gasteiger partial charge in [-0.05, 0) is 58.5 Å². The Morgan fingerprint density at radius 1 is 1.38 bits per heavy atom. The minimum Gasteiger partial charge on any atom is -0.461 e. The van der Waals surface area contributed by atoms with Crippen LogP contribution in [-0.2, 0) is 0 Å². The van der Waals surface area contributed by atoms with E-state index in [2.05, 4.69) is 29.2 Å². The maximum atomic E-state index is 12.6. The maximum Gasteiger partial charge on any atom is 0.257 e. The van der Waals surface area contributed by atoms with E-state index in [1.54, 1.807) is 25.3 Å². The van der Waals surface area contributed by atoms with E-state index < -0.39 is 0 Å². The van der Waals surface area contributed by atoms with Crippen molar-refractivity contribution in [2.75, 3.05) is 19.6 Å². The number of nitrogens with one attached hydrogen (secondary N) is 1. The normalized spacial score (nSPS) is 12.5. The number of hydrogen-bond acceptors (Lipinski definition) is 5. The molecule has 1 atom stereocenters. The average Bonchev–Trinajstić information content (AvgIpc) is 3.20. The van der Waals surface area contributed by atoms with E-state index in [1.807, 2.05) is 6.92 Å². The smallest absolute Gasteiger partial charge is 0.257 e. The lowest BCUT2D eigenvalue weighted by molar-refractivity contribution is 0.0936. The van der Waals surface area contributed by atoms with E-state index in [0.717, 1.165) is 32.5 Å². The Balaban J connectivity index is 1.94. The zero-order valence-corrected chi connectivity index (χ0v) is 15.0. The van der Waals surface area contributed by atoms with Gasteiger partial charge in [0.15, 0.2) is 5.76 Å². The summed E-state index contributed by atoms with van der Waals surface area (Å²) in [5, 5.41) is 6.94. The Hall–Kier alpha value is -2.08. The lowest BCUT2D eigenvalue weighted by Gasteiger charge is -2.19. The van der Waals surface area contributed by atoms with Crippen LogP contribution in [0.25, 0.3) is 11.5 Å². The molecule has 1 unspecified atom stereocenters. The van der Waals surface area contributed by atoms with E-state index in [4.69, 9.17) is 8.94 Å². The zero-order chi connectivity index (χ0) is 17.5. The van der Waals surface area contributed by atoms with Gasteiger partial charge in [-0.25, -0.2) is 0 Å². The number of aryl methyl sites for hydroxylation is 1. The summed E-state index contributed by atoms with van der Waals surface area (Å²) in [6.45, 7) is 11.3. The van der Waals surface area contributed by atoms with Crippen molar-refractivity contribution in [1.82, 2.24) is 15.4 Å². The Morgan fingerprint density at radius 3 is 2.75 bits per heavy atom. The SMILES string of the molecule is CCN(CC)CCCC(C)NC(=O)c1c(C)noc1-c1ccco1. The molecule has 2 aromatic heterocycles. The van der Waals surface area contributed by atoms with Crippen LogP contribution < -0.4 is 5.32 Å². The van der Waals surface area contributed by atoms with Gasteiger partial charge in [0.05, 0.1) is 12.0 Å². The summed E-state index contributed by atoms with van der Waals surface area (Å²) in [5.74, 6) is 0.718. The van der Waals surface area contributed by atoms with E-state index in [9.17, 15) is 4.79 Å². The van der Waals surface area contributed by atoms with Crippen LogP contribution in [0.4, 0.5) is 0 Å². The second kappa shape index (κ2) is 8.68. The van der Waals surface area contributed by atoms with Crippen LogP contribution in [-0.4, -0.2) is 41.6 Å². The van der Waals surface area contributed by atoms with Gasteiger partial charge < -0.3 is 19.2 Å². The van der Waals surface area contributed by atoms with Crippen molar-refractivity contribution < 1.29 is 13.7 Å². The van der Waals surface area contributed by atoms with Crippen molar-refractivity contribution in [2.45, 2.75) is 46.6 Å². The molecular weight excluding hydrogens is 306 g/mol. The van der Waals surface area contributed by atoms with Gasteiger partial charge in [0.2, 0.25) is 5.76 Å². The highest BCUT2D eigenvalue weighted by molar-refractivity contribution is 6.00. The number of nitrogens with zero attached hydrogens (tertiary/aromatic N) is 2. The first-order chi connectivity index (χ1) is 11.6. The third-order valence-electron chi connectivity index (χ3n) is 4.22. The van der Waals surface area contributed by atoms with Crippen LogP contribution in [0.15, 0.2) is 27.3 Å². The highest BCUT2D eigenvalue weighted by atomic mass is 16.5. The predicted octanol–water partition coefficient (Wildman–Crippen LogP) is 3.48. The first-order valence-corrected chi connectivity index (χ1v) is 8.60. The van der Waals surface area contributed by atoms with E-state index >= 15 is 0 Å². The van der Waals surface area contributed by atoms with E-state index in [-0.39, 0.29) is 11.9 Å². The summed E-state index contributed by atoms with van der Waals surface area (Å²) >= 11 is 0. The molecule has 0 saturated carbocycles. The topological polar surface area (TPSA) is 71.5 Å². The summed E-state index contributed by atoms with van der Waals surface area (Å²) in [7, 11) is 0. The van der Waals surface area contributed by atoms with Crippen LogP contribution in [0.5, 0.6) is 0 Å². The van der Waals surface area contributed by atoms with Crippen molar-refractivity contribution in [1.29, 1.82) is 0 Å². The van der Waals surface area contributed by atoms with E-state index in [0.29, 0.717) is 22.8 Å². The fraction of sp³-hybridized carbons (Fsp3) is 0.556. The molecule has 1 amide bonds. The van der Waals surface area contributed by atoms with Crippen molar-refractivity contribution >= 4 is 5.91 Å². The first-order valence-electron chi connectivity index (χ1n) is 8.60. The molecule has 6 nitrogen and oxygen atoms in total. The first kappa shape index (κ1) is 18.3. The molecule has 0 bridgehead atoms. The van der Waals surface area contributed by atoms with Gasteiger partial charge >= 0.3 is 0 Å². The fourth-order valence-corrected chi connectivity index (χ4v) is 2.74. The summed E-state index contributed by atoms with van der Waals surface area (Å²) in [6.07, 6.45) is 3.53. The molecule has 0 aliphatic heterocycles. The number of hydrogen-bond donors (Lipinski definition) is 1. The number of carbonyl (C=O) groups is 1. The minimum absolute atomic E-state index is 0.0896. The molecule has 0 radical (unpaired) electrons. The molecule has 0 aliphatic carbocycles. The van der Waals surface area contributed by atoms with Crippen molar-refractivity contribution in [3.8, 4) is 11.5 Å². The number of carbonyl (C=O) groups excluding carboxylic acids is 1. The van der Waals surface area contributed by atoms with Gasteiger partial charge in [0, 0.05) is 6.04 Å². The molecule has 0 saturated heterocycles. The summed E-state index contributed by atoms with van der Waals surface area (Å²) in [6, 6.07) is 3.60. The van der Waals surface area contributed by atoms with E-state index in [1.165, 1.54) is 0 Å². The Bertz CT molecular complexity index is 630. The molecule has 2 aromatic rings. The molecule has 24 heavy (non-hydrogen) atoms. The van der Waals surface area contributed by atoms with Crippen molar-refractivity contribution in [3.05, 3.63) is 29.7 Å². The molecule has 1 N–H and O–H groups in total. The molecule has 6 heteroatoms. The molecule has 2 rings (SSSR count). The molecule has 132 valence electrons. The van der Waals surface area contributed by atoms with Gasteiger partial charge in [-0.2, -0.15) is 0 Å². The van der Waals surface area contributed by atoms with Crippen molar-refractivity contribution in [3.63, 3.8) is 0 Å². The van der Waals surface area contributed by atoms with Crippen molar-refractivity contribution in [2.24, 2.45) is 0 Å². The van der Waals surface area contributed by atoms with Crippen LogP contribution in [0.2, 0.25) is 0 Å². The van der Waals surface area contributed by atoms with Crippen LogP contribution >= 0.6 is 0 Å². The fourth-order valence-electron chi connectivity index (χ4n) is 2.74. The molecule has 0 aliphatic rings. The number of aromatic nitrogens is 1. The monoisotopic (exact) mass is 333 g/mol. The minimum atomic E-state index is -0.171. The lowest BCUT2D eigenvalue weighted by atomic mass is 10.1. The summed E-state index contributed by atoms with van der Waals surface area (Å²) in [4.78, 5) is 15.0. The lowest BCUT2D eigenvalue weighted by Crippen LogP contribution is -2.34. The Labute approximate surface area is 143 Å². The average molecular weight is 333 g/mol. The van der Waals surface area contributed by atoms with Gasteiger partial charge in [-0.1, -0.05) is 19.0 Å². The second-order valence-electron chi connectivity index (χ2n) is 5.99. The number of furan rings is 1. The third kappa shape index (κ3) is 4.47. The molecular formula is C18H27N3O3. The van der Waals surface area contributed by atoms with Gasteiger partial charge in [0.25, 0.3) is 5.91 Å². The third-order valence-corrected chi connectivity index (χ3v) is 4.22. The quantitative estimate of drug-likeness (QED) is 0.760. The highest BCUT2D eigenvalue weighted by Crippen LogP contribution is 2.26. The van der Waals surface area contributed by atoms with Gasteiger partial charge in [-0.15, -0.1) is 0 Å². The van der Waals surface area contributed by atoms with Crippen LogP contribution in [0, 0.1) is 6.92 Å². The molecule has 0 aromatic carbocycles. The second-order valence-corrected chi connectivity index (χ2v) is 5.99. The maximum absolute atomic E-state index is 12.6. The van der Waals surface area contributed by atoms with Crippen LogP contribution in [0.3, 0.4) is 0 Å².